The average molecular weight is 353 g/mol. The minimum atomic E-state index is 0.181. The minimum absolute atomic E-state index is 0.181. The van der Waals surface area contributed by atoms with Crippen molar-refractivity contribution in [3.05, 3.63) is 71.2 Å². The second-order valence-corrected chi connectivity index (χ2v) is 6.44. The number of benzene rings is 2. The van der Waals surface area contributed by atoms with E-state index in [0.717, 1.165) is 26.9 Å². The molecular formula is C19H19N3O2S. The van der Waals surface area contributed by atoms with Gasteiger partial charge in [-0.1, -0.05) is 53.7 Å². The molecule has 0 atom stereocenters. The fraction of sp³-hybridized carbons (Fsp3) is 0.158. The molecule has 25 heavy (non-hydrogen) atoms. The van der Waals surface area contributed by atoms with E-state index in [1.807, 2.05) is 67.6 Å². The number of oxime groups is 1. The predicted molar refractivity (Wildman–Crippen MR) is 101 cm³/mol. The molecule has 2 N–H and O–H groups in total. The monoisotopic (exact) mass is 353 g/mol. The lowest BCUT2D eigenvalue weighted by molar-refractivity contribution is 0.130. The van der Waals surface area contributed by atoms with Gasteiger partial charge in [-0.25, -0.2) is 4.98 Å². The van der Waals surface area contributed by atoms with Crippen molar-refractivity contribution >= 4 is 17.2 Å². The van der Waals surface area contributed by atoms with Crippen LogP contribution in [0.1, 0.15) is 10.6 Å². The number of hydrogen-bond donors (Lipinski definition) is 1. The van der Waals surface area contributed by atoms with E-state index in [0.29, 0.717) is 6.61 Å². The van der Waals surface area contributed by atoms with E-state index in [4.69, 9.17) is 15.3 Å². The van der Waals surface area contributed by atoms with Gasteiger partial charge in [0, 0.05) is 5.56 Å². The third-order valence-electron chi connectivity index (χ3n) is 3.42. The Balaban J connectivity index is 1.54. The number of aromatic nitrogens is 1. The summed E-state index contributed by atoms with van der Waals surface area (Å²) in [7, 11) is 0. The van der Waals surface area contributed by atoms with Gasteiger partial charge in [-0.3, -0.25) is 0 Å². The van der Waals surface area contributed by atoms with Crippen LogP contribution in [0.15, 0.2) is 65.8 Å². The van der Waals surface area contributed by atoms with Crippen LogP contribution in [0.2, 0.25) is 0 Å². The second-order valence-electron chi connectivity index (χ2n) is 5.35. The number of hydrogen-bond acceptors (Lipinski definition) is 5. The molecule has 0 saturated carbocycles. The zero-order valence-corrected chi connectivity index (χ0v) is 14.7. The van der Waals surface area contributed by atoms with Crippen LogP contribution in [0.5, 0.6) is 5.75 Å². The minimum Gasteiger partial charge on any atom is -0.486 e. The molecule has 0 bridgehead atoms. The van der Waals surface area contributed by atoms with Gasteiger partial charge in [-0.15, -0.1) is 11.3 Å². The first-order valence-corrected chi connectivity index (χ1v) is 8.68. The SMILES string of the molecule is Cc1nc(-c2ccccc2)sc1CO/N=C(/N)COc1ccccc1. The molecule has 0 amide bonds. The number of ether oxygens (including phenoxy) is 1. The highest BCUT2D eigenvalue weighted by atomic mass is 32.1. The van der Waals surface area contributed by atoms with Crippen LogP contribution in [0.25, 0.3) is 10.6 Å². The van der Waals surface area contributed by atoms with E-state index >= 15 is 0 Å². The number of amidine groups is 1. The summed E-state index contributed by atoms with van der Waals surface area (Å²) < 4.78 is 5.51. The molecule has 3 aromatic rings. The highest BCUT2D eigenvalue weighted by Crippen LogP contribution is 2.28. The number of nitrogens with zero attached hydrogens (tertiary/aromatic N) is 2. The van der Waals surface area contributed by atoms with Crippen LogP contribution >= 0.6 is 11.3 Å². The van der Waals surface area contributed by atoms with Crippen molar-refractivity contribution in [2.75, 3.05) is 6.61 Å². The summed E-state index contributed by atoms with van der Waals surface area (Å²) in [5.74, 6) is 1.03. The van der Waals surface area contributed by atoms with Gasteiger partial charge in [0.2, 0.25) is 0 Å². The lowest BCUT2D eigenvalue weighted by atomic mass is 10.2. The third kappa shape index (κ3) is 4.81. The maximum absolute atomic E-state index is 5.81. The Labute approximate surface area is 150 Å². The fourth-order valence-electron chi connectivity index (χ4n) is 2.14. The molecule has 0 saturated heterocycles. The maximum atomic E-state index is 5.81. The molecule has 1 heterocycles. The third-order valence-corrected chi connectivity index (χ3v) is 4.60. The Hall–Kier alpha value is -2.86. The van der Waals surface area contributed by atoms with Crippen LogP contribution < -0.4 is 10.5 Å². The molecule has 2 aromatic carbocycles. The Morgan fingerprint density at radius 2 is 1.76 bits per heavy atom. The molecule has 0 unspecified atom stereocenters. The van der Waals surface area contributed by atoms with Crippen LogP contribution in [-0.4, -0.2) is 17.4 Å². The predicted octanol–water partition coefficient (Wildman–Crippen LogP) is 3.99. The van der Waals surface area contributed by atoms with Crippen molar-refractivity contribution in [1.82, 2.24) is 4.98 Å². The largest absolute Gasteiger partial charge is 0.486 e. The van der Waals surface area contributed by atoms with Gasteiger partial charge in [0.05, 0.1) is 10.6 Å². The standard InChI is InChI=1S/C19H19N3O2S/c1-14-17(25-19(21-14)15-8-4-2-5-9-15)12-24-22-18(20)13-23-16-10-6-3-7-11-16/h2-11H,12-13H2,1H3,(H2,20,22). The summed E-state index contributed by atoms with van der Waals surface area (Å²) in [4.78, 5) is 11.0. The van der Waals surface area contributed by atoms with Crippen molar-refractivity contribution in [3.63, 3.8) is 0 Å². The zero-order valence-electron chi connectivity index (χ0n) is 13.9. The van der Waals surface area contributed by atoms with E-state index in [1.165, 1.54) is 0 Å². The van der Waals surface area contributed by atoms with Gasteiger partial charge in [0.1, 0.15) is 17.4 Å². The van der Waals surface area contributed by atoms with E-state index in [2.05, 4.69) is 10.1 Å². The highest BCUT2D eigenvalue weighted by molar-refractivity contribution is 7.15. The van der Waals surface area contributed by atoms with Gasteiger partial charge in [0.25, 0.3) is 0 Å². The van der Waals surface area contributed by atoms with Gasteiger partial charge in [-0.05, 0) is 19.1 Å². The van der Waals surface area contributed by atoms with Crippen LogP contribution in [0.4, 0.5) is 0 Å². The molecule has 0 aliphatic carbocycles. The summed E-state index contributed by atoms with van der Waals surface area (Å²) in [6.07, 6.45) is 0. The quantitative estimate of drug-likeness (QED) is 0.396. The average Bonchev–Trinajstić information content (AvgIpc) is 3.02. The Morgan fingerprint density at radius 1 is 1.08 bits per heavy atom. The highest BCUT2D eigenvalue weighted by Gasteiger charge is 2.09. The first kappa shape index (κ1) is 17.0. The van der Waals surface area contributed by atoms with Crippen LogP contribution in [0, 0.1) is 6.92 Å². The van der Waals surface area contributed by atoms with Gasteiger partial charge in [-0.2, -0.15) is 0 Å². The summed E-state index contributed by atoms with van der Waals surface area (Å²) in [5, 5.41) is 4.88. The molecule has 3 rings (SSSR count). The van der Waals surface area contributed by atoms with Gasteiger partial charge >= 0.3 is 0 Å². The summed E-state index contributed by atoms with van der Waals surface area (Å²) >= 11 is 1.60. The summed E-state index contributed by atoms with van der Waals surface area (Å²) in [6, 6.07) is 19.5. The van der Waals surface area contributed by atoms with Crippen molar-refractivity contribution in [3.8, 4) is 16.3 Å². The van der Waals surface area contributed by atoms with E-state index in [1.54, 1.807) is 11.3 Å². The number of rotatable bonds is 7. The maximum Gasteiger partial charge on any atom is 0.177 e. The van der Waals surface area contributed by atoms with Crippen LogP contribution in [0.3, 0.4) is 0 Å². The van der Waals surface area contributed by atoms with Crippen molar-refractivity contribution in [1.29, 1.82) is 0 Å². The molecule has 0 radical (unpaired) electrons. The van der Waals surface area contributed by atoms with Crippen molar-refractivity contribution < 1.29 is 9.57 Å². The number of aryl methyl sites for hydroxylation is 1. The number of nitrogens with two attached hydrogens (primary N) is 1. The topological polar surface area (TPSA) is 69.7 Å². The second kappa shape index (κ2) is 8.30. The molecule has 128 valence electrons. The molecular weight excluding hydrogens is 334 g/mol. The van der Waals surface area contributed by atoms with Crippen molar-refractivity contribution in [2.24, 2.45) is 10.9 Å². The first-order chi connectivity index (χ1) is 12.2. The van der Waals surface area contributed by atoms with Crippen LogP contribution in [-0.2, 0) is 11.4 Å². The van der Waals surface area contributed by atoms with E-state index in [9.17, 15) is 0 Å². The number of thiazole rings is 1. The normalized spacial score (nSPS) is 11.3. The lowest BCUT2D eigenvalue weighted by Crippen LogP contribution is -2.21. The molecule has 0 aliphatic heterocycles. The lowest BCUT2D eigenvalue weighted by Gasteiger charge is -2.05. The van der Waals surface area contributed by atoms with Gasteiger partial charge in [0.15, 0.2) is 12.4 Å². The Morgan fingerprint density at radius 3 is 2.48 bits per heavy atom. The van der Waals surface area contributed by atoms with E-state index in [-0.39, 0.29) is 12.4 Å². The van der Waals surface area contributed by atoms with Gasteiger partial charge < -0.3 is 15.3 Å². The number of para-hydroxylation sites is 1. The van der Waals surface area contributed by atoms with Crippen molar-refractivity contribution in [2.45, 2.75) is 13.5 Å². The first-order valence-electron chi connectivity index (χ1n) is 7.86. The molecule has 6 heteroatoms. The Bertz CT molecular complexity index is 832. The molecule has 1 aromatic heterocycles. The summed E-state index contributed by atoms with van der Waals surface area (Å²) in [6.45, 7) is 2.48. The summed E-state index contributed by atoms with van der Waals surface area (Å²) in [5.41, 5.74) is 7.85. The Kier molecular flexibility index (Phi) is 5.64. The molecule has 0 fully saturated rings. The van der Waals surface area contributed by atoms with E-state index < -0.39 is 0 Å². The fourth-order valence-corrected chi connectivity index (χ4v) is 3.12. The zero-order chi connectivity index (χ0) is 17.5. The molecule has 5 nitrogen and oxygen atoms in total. The molecule has 0 spiro atoms. The smallest absolute Gasteiger partial charge is 0.177 e. The molecule has 0 aliphatic rings.